The fraction of sp³-hybridized carbons (Fsp3) is 0.625. The smallest absolute Gasteiger partial charge is 0.166 e. The van der Waals surface area contributed by atoms with Crippen molar-refractivity contribution in [2.75, 3.05) is 25.2 Å². The number of rotatable bonds is 5. The summed E-state index contributed by atoms with van der Waals surface area (Å²) in [5, 5.41) is 8.24. The van der Waals surface area contributed by atoms with Crippen LogP contribution in [-0.4, -0.2) is 44.9 Å². The topological polar surface area (TPSA) is 70.4 Å². The standard InChI is InChI=1S/C8H16N4OS3/c1-10-8(14)11-2-5-16(13)6-12-3-4-15-7(12)9/h3-4,7H,2,5-6,9H2,1H3,(H2,10,11,14)/t7?,16-/m0/s1. The van der Waals surface area contributed by atoms with Crippen LogP contribution in [-0.2, 0) is 10.8 Å². The van der Waals surface area contributed by atoms with Crippen molar-refractivity contribution >= 4 is 39.9 Å². The summed E-state index contributed by atoms with van der Waals surface area (Å²) in [4.78, 5) is 1.87. The fourth-order valence-corrected chi connectivity index (χ4v) is 2.99. The molecule has 92 valence electrons. The average molecular weight is 280 g/mol. The lowest BCUT2D eigenvalue weighted by atomic mass is 10.7. The first-order valence-corrected chi connectivity index (χ1v) is 7.61. The largest absolute Gasteiger partial charge is 0.366 e. The maximum atomic E-state index is 11.7. The second-order valence-electron chi connectivity index (χ2n) is 3.10. The number of nitrogens with one attached hydrogen (secondary N) is 2. The first-order chi connectivity index (χ1) is 7.63. The van der Waals surface area contributed by atoms with E-state index >= 15 is 0 Å². The Morgan fingerprint density at radius 1 is 1.75 bits per heavy atom. The van der Waals surface area contributed by atoms with Gasteiger partial charge in [-0.3, -0.25) is 4.21 Å². The van der Waals surface area contributed by atoms with Gasteiger partial charge in [0, 0.05) is 36.3 Å². The summed E-state index contributed by atoms with van der Waals surface area (Å²) in [6.45, 7) is 0.603. The molecule has 0 amide bonds. The van der Waals surface area contributed by atoms with E-state index in [4.69, 9.17) is 18.0 Å². The van der Waals surface area contributed by atoms with Crippen LogP contribution in [0, 0.1) is 0 Å². The molecule has 0 aromatic rings. The Morgan fingerprint density at radius 2 is 2.50 bits per heavy atom. The highest BCUT2D eigenvalue weighted by atomic mass is 32.2. The maximum Gasteiger partial charge on any atom is 0.166 e. The van der Waals surface area contributed by atoms with Crippen LogP contribution in [0.4, 0.5) is 0 Å². The molecule has 16 heavy (non-hydrogen) atoms. The molecule has 2 atom stereocenters. The van der Waals surface area contributed by atoms with Crippen LogP contribution in [0.5, 0.6) is 0 Å². The van der Waals surface area contributed by atoms with E-state index in [2.05, 4.69) is 10.6 Å². The van der Waals surface area contributed by atoms with Gasteiger partial charge in [-0.1, -0.05) is 11.8 Å². The molecule has 1 aliphatic heterocycles. The molecule has 0 aliphatic carbocycles. The minimum Gasteiger partial charge on any atom is -0.366 e. The van der Waals surface area contributed by atoms with Crippen molar-refractivity contribution in [2.45, 2.75) is 5.50 Å². The van der Waals surface area contributed by atoms with E-state index in [0.29, 0.717) is 23.3 Å². The van der Waals surface area contributed by atoms with Gasteiger partial charge in [-0.05, 0) is 17.6 Å². The summed E-state index contributed by atoms with van der Waals surface area (Å²) in [5.41, 5.74) is 5.67. The molecule has 1 unspecified atom stereocenters. The van der Waals surface area contributed by atoms with Crippen LogP contribution >= 0.6 is 24.0 Å². The SMILES string of the molecule is CNC(=S)NCC[S@](=O)CN1C=CSC1N. The van der Waals surface area contributed by atoms with Crippen LogP contribution in [0.1, 0.15) is 0 Å². The molecular formula is C8H16N4OS3. The van der Waals surface area contributed by atoms with Gasteiger partial charge in [0.05, 0.1) is 5.88 Å². The third-order valence-corrected chi connectivity index (χ3v) is 4.36. The number of nitrogens with zero attached hydrogens (tertiary/aromatic N) is 1. The lowest BCUT2D eigenvalue weighted by Crippen LogP contribution is -2.38. The second-order valence-corrected chi connectivity index (χ2v) is 6.09. The van der Waals surface area contributed by atoms with E-state index in [9.17, 15) is 4.21 Å². The molecule has 1 aliphatic rings. The highest BCUT2D eigenvalue weighted by Gasteiger charge is 2.16. The predicted octanol–water partition coefficient (Wildman–Crippen LogP) is -0.451. The molecule has 1 heterocycles. The van der Waals surface area contributed by atoms with E-state index in [1.165, 1.54) is 11.8 Å². The Morgan fingerprint density at radius 3 is 3.06 bits per heavy atom. The van der Waals surface area contributed by atoms with Gasteiger partial charge < -0.3 is 21.3 Å². The molecule has 0 aromatic heterocycles. The van der Waals surface area contributed by atoms with Crippen molar-refractivity contribution < 1.29 is 4.21 Å². The first kappa shape index (κ1) is 13.8. The zero-order valence-electron chi connectivity index (χ0n) is 9.01. The molecule has 0 aromatic carbocycles. The quantitative estimate of drug-likeness (QED) is 0.589. The zero-order chi connectivity index (χ0) is 12.0. The normalized spacial score (nSPS) is 20.9. The van der Waals surface area contributed by atoms with Crippen molar-refractivity contribution in [2.24, 2.45) is 5.73 Å². The van der Waals surface area contributed by atoms with Crippen molar-refractivity contribution in [1.82, 2.24) is 15.5 Å². The maximum absolute atomic E-state index is 11.7. The van der Waals surface area contributed by atoms with E-state index in [1.807, 2.05) is 16.5 Å². The molecule has 0 radical (unpaired) electrons. The van der Waals surface area contributed by atoms with Gasteiger partial charge in [0.2, 0.25) is 0 Å². The van der Waals surface area contributed by atoms with Crippen LogP contribution in [0.3, 0.4) is 0 Å². The molecule has 0 saturated heterocycles. The molecule has 4 N–H and O–H groups in total. The highest BCUT2D eigenvalue weighted by molar-refractivity contribution is 8.02. The van der Waals surface area contributed by atoms with E-state index in [-0.39, 0.29) is 5.50 Å². The van der Waals surface area contributed by atoms with Crippen LogP contribution in [0.15, 0.2) is 11.6 Å². The first-order valence-electron chi connectivity index (χ1n) is 4.77. The summed E-state index contributed by atoms with van der Waals surface area (Å²) in [6, 6.07) is 0. The lowest BCUT2D eigenvalue weighted by molar-refractivity contribution is 0.424. The van der Waals surface area contributed by atoms with E-state index < -0.39 is 10.8 Å². The van der Waals surface area contributed by atoms with Gasteiger partial charge in [0.15, 0.2) is 5.11 Å². The average Bonchev–Trinajstić information content (AvgIpc) is 2.64. The van der Waals surface area contributed by atoms with Crippen molar-refractivity contribution in [3.63, 3.8) is 0 Å². The van der Waals surface area contributed by atoms with Gasteiger partial charge >= 0.3 is 0 Å². The van der Waals surface area contributed by atoms with Crippen LogP contribution in [0.2, 0.25) is 0 Å². The van der Waals surface area contributed by atoms with Crippen molar-refractivity contribution in [1.29, 1.82) is 0 Å². The van der Waals surface area contributed by atoms with Crippen molar-refractivity contribution in [3.8, 4) is 0 Å². The van der Waals surface area contributed by atoms with Gasteiger partial charge in [-0.15, -0.1) is 0 Å². The highest BCUT2D eigenvalue weighted by Crippen LogP contribution is 2.20. The molecule has 5 nitrogen and oxygen atoms in total. The van der Waals surface area contributed by atoms with Gasteiger partial charge in [0.1, 0.15) is 5.50 Å². The van der Waals surface area contributed by atoms with E-state index in [0.717, 1.165) is 0 Å². The molecule has 0 bridgehead atoms. The van der Waals surface area contributed by atoms with Gasteiger partial charge in [0.25, 0.3) is 0 Å². The number of thioether (sulfide) groups is 1. The summed E-state index contributed by atoms with van der Waals surface area (Å²) in [5.74, 6) is 1.03. The zero-order valence-corrected chi connectivity index (χ0v) is 11.5. The Labute approximate surface area is 108 Å². The number of hydrogen-bond donors (Lipinski definition) is 3. The second kappa shape index (κ2) is 7.10. The minimum atomic E-state index is -0.918. The van der Waals surface area contributed by atoms with E-state index in [1.54, 1.807) is 7.05 Å². The lowest BCUT2D eigenvalue weighted by Gasteiger charge is -2.20. The van der Waals surface area contributed by atoms with Crippen LogP contribution < -0.4 is 16.4 Å². The molecule has 0 fully saturated rings. The predicted molar refractivity (Wildman–Crippen MR) is 74.1 cm³/mol. The summed E-state index contributed by atoms with van der Waals surface area (Å²) in [7, 11) is 0.830. The Kier molecular flexibility index (Phi) is 6.10. The number of thiocarbonyl (C=S) groups is 1. The monoisotopic (exact) mass is 280 g/mol. The summed E-state index contributed by atoms with van der Waals surface area (Å²) < 4.78 is 11.7. The van der Waals surface area contributed by atoms with Crippen molar-refractivity contribution in [3.05, 3.63) is 11.6 Å². The molecular weight excluding hydrogens is 264 g/mol. The molecule has 1 rings (SSSR count). The molecule has 0 spiro atoms. The minimum absolute atomic E-state index is 0.102. The molecule has 0 saturated carbocycles. The Hall–Kier alpha value is -0.310. The van der Waals surface area contributed by atoms with Crippen LogP contribution in [0.25, 0.3) is 0 Å². The third-order valence-electron chi connectivity index (χ3n) is 1.93. The Balaban J connectivity index is 2.16. The summed E-state index contributed by atoms with van der Waals surface area (Å²) >= 11 is 6.43. The third kappa shape index (κ3) is 4.69. The summed E-state index contributed by atoms with van der Waals surface area (Å²) in [6.07, 6.45) is 1.87. The van der Waals surface area contributed by atoms with Gasteiger partial charge in [-0.25, -0.2) is 0 Å². The Bertz CT molecular complexity index is 297. The fourth-order valence-electron chi connectivity index (χ4n) is 1.07. The molecule has 8 heteroatoms. The van der Waals surface area contributed by atoms with Gasteiger partial charge in [-0.2, -0.15) is 0 Å². The number of nitrogens with two attached hydrogens (primary N) is 1. The number of hydrogen-bond acceptors (Lipinski definition) is 5.